The summed E-state index contributed by atoms with van der Waals surface area (Å²) in [5, 5.41) is 8.14. The Morgan fingerprint density at radius 1 is 1.33 bits per heavy atom. The van der Waals surface area contributed by atoms with Gasteiger partial charge in [0, 0.05) is 13.2 Å². The number of rotatable bonds is 2. The molecule has 0 spiro atoms. The van der Waals surface area contributed by atoms with Crippen molar-refractivity contribution in [1.29, 1.82) is 0 Å². The average molecular weight is 392 g/mol. The average Bonchev–Trinajstić information content (AvgIpc) is 2.51. The van der Waals surface area contributed by atoms with E-state index in [1.165, 1.54) is 0 Å². The van der Waals surface area contributed by atoms with E-state index >= 15 is 0 Å². The van der Waals surface area contributed by atoms with Crippen molar-refractivity contribution in [2.75, 3.05) is 19.8 Å². The number of esters is 1. The lowest BCUT2D eigenvalue weighted by molar-refractivity contribution is -0.151. The van der Waals surface area contributed by atoms with Crippen molar-refractivity contribution in [3.05, 3.63) is 0 Å². The lowest BCUT2D eigenvalue weighted by Crippen LogP contribution is -2.27. The molecule has 0 aromatic rings. The maximum atomic E-state index is 11.2. The fraction of sp³-hybridized carbons (Fsp3) is 0.900. The molecule has 1 heterocycles. The van der Waals surface area contributed by atoms with Crippen molar-refractivity contribution in [3.8, 4) is 0 Å². The summed E-state index contributed by atoms with van der Waals surface area (Å²) in [5.74, 6) is 0.931. The molecule has 1 fully saturated rings. The van der Waals surface area contributed by atoms with Crippen LogP contribution in [0.2, 0.25) is 0 Å². The number of primary amides is 1. The third kappa shape index (κ3) is 22.6. The lowest BCUT2D eigenvalue weighted by Gasteiger charge is -2.21. The van der Waals surface area contributed by atoms with Gasteiger partial charge in [-0.2, -0.15) is 0 Å². The molecular weight excluding hydrogens is 350 g/mol. The third-order valence-electron chi connectivity index (χ3n) is 3.47. The molecule has 2 atom stereocenters. The van der Waals surface area contributed by atoms with Gasteiger partial charge in [0.15, 0.2) is 0 Å². The second kappa shape index (κ2) is 15.7. The maximum absolute atomic E-state index is 11.2. The standard InChI is InChI=1S/C11H20O3.C5H11NO2.C4H10O/c1-3-10-4-6-13-7-5-11(12)14-9(2)8-10;1-5(2,3)8-4(6)7;1-4(2)3-5/h9-10H,3-8H2,1-2H3;1-3H3,(H2,6,7);4-5H,3H2,1-2H3. The SMILES string of the molecule is CC(C)(C)OC(N)=O.CC(C)CO.CCC1CCOCCC(=O)OC(C)C1. The largest absolute Gasteiger partial charge is 0.463 e. The smallest absolute Gasteiger partial charge is 0.405 e. The molecule has 0 saturated carbocycles. The van der Waals surface area contributed by atoms with Gasteiger partial charge in [-0.05, 0) is 52.4 Å². The topological polar surface area (TPSA) is 108 Å². The Kier molecular flexibility index (Phi) is 16.2. The number of aliphatic hydroxyl groups excluding tert-OH is 1. The number of nitrogens with two attached hydrogens (primary N) is 1. The van der Waals surface area contributed by atoms with E-state index in [-0.39, 0.29) is 12.1 Å². The second-order valence-corrected chi connectivity index (χ2v) is 8.07. The van der Waals surface area contributed by atoms with E-state index in [0.717, 1.165) is 25.9 Å². The Morgan fingerprint density at radius 3 is 2.26 bits per heavy atom. The van der Waals surface area contributed by atoms with E-state index in [4.69, 9.17) is 20.3 Å². The van der Waals surface area contributed by atoms with Gasteiger partial charge >= 0.3 is 12.1 Å². The van der Waals surface area contributed by atoms with Crippen LogP contribution in [-0.4, -0.2) is 48.7 Å². The van der Waals surface area contributed by atoms with Gasteiger partial charge in [-0.1, -0.05) is 27.2 Å². The quantitative estimate of drug-likeness (QED) is 0.696. The van der Waals surface area contributed by atoms with Gasteiger partial charge in [0.25, 0.3) is 0 Å². The molecule has 3 N–H and O–H groups in total. The van der Waals surface area contributed by atoms with Gasteiger partial charge in [-0.3, -0.25) is 4.79 Å². The minimum atomic E-state index is -0.725. The molecule has 1 saturated heterocycles. The molecule has 0 aromatic heterocycles. The van der Waals surface area contributed by atoms with Crippen molar-refractivity contribution in [3.63, 3.8) is 0 Å². The van der Waals surface area contributed by atoms with Crippen LogP contribution < -0.4 is 5.73 Å². The number of carbonyl (C=O) groups excluding carboxylic acids is 2. The zero-order valence-electron chi connectivity index (χ0n) is 18.2. The zero-order chi connectivity index (χ0) is 21.5. The van der Waals surface area contributed by atoms with Crippen LogP contribution in [0, 0.1) is 11.8 Å². The van der Waals surface area contributed by atoms with Crippen molar-refractivity contribution in [1.82, 2.24) is 0 Å². The number of cyclic esters (lactones) is 1. The first-order valence-corrected chi connectivity index (χ1v) is 9.77. The van der Waals surface area contributed by atoms with Crippen LogP contribution in [0.5, 0.6) is 0 Å². The summed E-state index contributed by atoms with van der Waals surface area (Å²) in [4.78, 5) is 21.2. The van der Waals surface area contributed by atoms with Crippen LogP contribution in [0.15, 0.2) is 0 Å². The van der Waals surface area contributed by atoms with Crippen molar-refractivity contribution in [2.45, 2.75) is 85.9 Å². The first-order valence-electron chi connectivity index (χ1n) is 9.77. The van der Waals surface area contributed by atoms with Gasteiger partial charge in [0.2, 0.25) is 0 Å². The first kappa shape index (κ1) is 27.9. The summed E-state index contributed by atoms with van der Waals surface area (Å²) in [7, 11) is 0. The predicted octanol–water partition coefficient (Wildman–Crippen LogP) is 3.66. The highest BCUT2D eigenvalue weighted by Crippen LogP contribution is 2.18. The zero-order valence-corrected chi connectivity index (χ0v) is 18.2. The molecule has 1 aliphatic heterocycles. The Hall–Kier alpha value is -1.34. The summed E-state index contributed by atoms with van der Waals surface area (Å²) in [6.07, 6.45) is 2.90. The lowest BCUT2D eigenvalue weighted by atomic mass is 9.96. The predicted molar refractivity (Wildman–Crippen MR) is 106 cm³/mol. The van der Waals surface area contributed by atoms with E-state index in [1.54, 1.807) is 20.8 Å². The molecule has 1 amide bonds. The molecule has 1 rings (SSSR count). The van der Waals surface area contributed by atoms with Crippen molar-refractivity contribution < 1.29 is 28.9 Å². The van der Waals surface area contributed by atoms with Crippen molar-refractivity contribution >= 4 is 12.1 Å². The van der Waals surface area contributed by atoms with Crippen LogP contribution in [-0.2, 0) is 19.0 Å². The molecular formula is C20H41NO6. The summed E-state index contributed by atoms with van der Waals surface area (Å²) in [6, 6.07) is 0. The van der Waals surface area contributed by atoms with Crippen LogP contribution in [0.3, 0.4) is 0 Å². The molecule has 2 unspecified atom stereocenters. The van der Waals surface area contributed by atoms with Gasteiger partial charge < -0.3 is 25.1 Å². The monoisotopic (exact) mass is 391 g/mol. The highest BCUT2D eigenvalue weighted by molar-refractivity contribution is 5.69. The summed E-state index contributed by atoms with van der Waals surface area (Å²) < 4.78 is 15.2. The first-order chi connectivity index (χ1) is 12.4. The number of carbonyl (C=O) groups is 2. The Bertz CT molecular complexity index is 392. The number of hydrogen-bond acceptors (Lipinski definition) is 6. The molecule has 27 heavy (non-hydrogen) atoms. The number of aliphatic hydroxyl groups is 1. The second-order valence-electron chi connectivity index (χ2n) is 8.07. The number of hydrogen-bond donors (Lipinski definition) is 2. The fourth-order valence-electron chi connectivity index (χ4n) is 2.10. The van der Waals surface area contributed by atoms with Crippen LogP contribution in [0.1, 0.15) is 74.1 Å². The maximum Gasteiger partial charge on any atom is 0.405 e. The highest BCUT2D eigenvalue weighted by Gasteiger charge is 2.17. The van der Waals surface area contributed by atoms with E-state index in [9.17, 15) is 9.59 Å². The minimum Gasteiger partial charge on any atom is -0.463 e. The molecule has 0 radical (unpaired) electrons. The summed E-state index contributed by atoms with van der Waals surface area (Å²) in [5.41, 5.74) is 4.26. The molecule has 7 heteroatoms. The fourth-order valence-corrected chi connectivity index (χ4v) is 2.10. The Morgan fingerprint density at radius 2 is 1.89 bits per heavy atom. The van der Waals surface area contributed by atoms with Gasteiger partial charge in [-0.15, -0.1) is 0 Å². The van der Waals surface area contributed by atoms with Crippen LogP contribution in [0.25, 0.3) is 0 Å². The summed E-state index contributed by atoms with van der Waals surface area (Å²) in [6.45, 7) is 15.0. The van der Waals surface area contributed by atoms with Gasteiger partial charge in [-0.25, -0.2) is 4.79 Å². The Balaban J connectivity index is 0. The van der Waals surface area contributed by atoms with E-state index < -0.39 is 11.7 Å². The van der Waals surface area contributed by atoms with E-state index in [1.807, 2.05) is 20.8 Å². The van der Waals surface area contributed by atoms with Gasteiger partial charge in [0.05, 0.1) is 19.1 Å². The molecule has 0 aromatic carbocycles. The molecule has 0 bridgehead atoms. The molecule has 162 valence electrons. The molecule has 1 aliphatic rings. The Labute approximate surface area is 164 Å². The summed E-state index contributed by atoms with van der Waals surface area (Å²) >= 11 is 0. The number of ether oxygens (including phenoxy) is 3. The normalized spacial score (nSPS) is 21.0. The van der Waals surface area contributed by atoms with Gasteiger partial charge in [0.1, 0.15) is 5.60 Å². The number of amides is 1. The van der Waals surface area contributed by atoms with Crippen LogP contribution >= 0.6 is 0 Å². The van der Waals surface area contributed by atoms with Crippen LogP contribution in [0.4, 0.5) is 4.79 Å². The van der Waals surface area contributed by atoms with E-state index in [0.29, 0.717) is 31.5 Å². The highest BCUT2D eigenvalue weighted by atomic mass is 16.6. The van der Waals surface area contributed by atoms with Crippen molar-refractivity contribution in [2.24, 2.45) is 17.6 Å². The minimum absolute atomic E-state index is 0.0607. The molecule has 0 aliphatic carbocycles. The van der Waals surface area contributed by atoms with E-state index in [2.05, 4.69) is 11.7 Å². The molecule has 7 nitrogen and oxygen atoms in total. The third-order valence-corrected chi connectivity index (χ3v) is 3.47.